The maximum absolute atomic E-state index is 10.9. The van der Waals surface area contributed by atoms with Gasteiger partial charge >= 0.3 is 5.69 Å². The molecule has 0 aromatic carbocycles. The van der Waals surface area contributed by atoms with Crippen LogP contribution in [0.4, 0.5) is 17.5 Å². The maximum atomic E-state index is 10.9. The van der Waals surface area contributed by atoms with E-state index < -0.39 is 11.0 Å². The quantitative estimate of drug-likeness (QED) is 0.491. The summed E-state index contributed by atoms with van der Waals surface area (Å²) in [6.45, 7) is 4.22. The van der Waals surface area contributed by atoms with E-state index in [-0.39, 0.29) is 29.9 Å². The molecule has 0 fully saturated rings. The first kappa shape index (κ1) is 16.1. The van der Waals surface area contributed by atoms with Crippen molar-refractivity contribution in [1.82, 2.24) is 9.97 Å². The summed E-state index contributed by atoms with van der Waals surface area (Å²) < 4.78 is 0. The lowest BCUT2D eigenvalue weighted by Gasteiger charge is -2.20. The summed E-state index contributed by atoms with van der Waals surface area (Å²) in [6.07, 6.45) is 2.28. The van der Waals surface area contributed by atoms with E-state index >= 15 is 0 Å². The predicted octanol–water partition coefficient (Wildman–Crippen LogP) is 1.64. The largest absolute Gasteiger partial charge is 0.391 e. The van der Waals surface area contributed by atoms with Crippen molar-refractivity contribution in [2.24, 2.45) is 5.92 Å². The van der Waals surface area contributed by atoms with Crippen LogP contribution >= 0.6 is 0 Å². The molecule has 20 heavy (non-hydrogen) atoms. The number of aromatic nitrogens is 2. The Morgan fingerprint density at radius 2 is 2.10 bits per heavy atom. The van der Waals surface area contributed by atoms with Gasteiger partial charge in [0.1, 0.15) is 6.20 Å². The Balaban J connectivity index is 2.82. The molecule has 0 aliphatic rings. The van der Waals surface area contributed by atoms with Crippen LogP contribution in [-0.4, -0.2) is 39.7 Å². The van der Waals surface area contributed by atoms with E-state index in [9.17, 15) is 15.2 Å². The SMILES string of the molecule is CCC(CC)C(O)CNc1nc(NC)ncc1[N+](=O)[O-]. The Morgan fingerprint density at radius 3 is 2.60 bits per heavy atom. The minimum absolute atomic E-state index is 0.111. The highest BCUT2D eigenvalue weighted by atomic mass is 16.6. The van der Waals surface area contributed by atoms with Gasteiger partial charge in [-0.2, -0.15) is 4.98 Å². The van der Waals surface area contributed by atoms with Gasteiger partial charge in [0.25, 0.3) is 0 Å². The second kappa shape index (κ2) is 7.59. The van der Waals surface area contributed by atoms with Crippen molar-refractivity contribution in [2.75, 3.05) is 24.2 Å². The molecule has 8 heteroatoms. The number of nitrogens with one attached hydrogen (secondary N) is 2. The first-order valence-corrected chi connectivity index (χ1v) is 6.64. The lowest BCUT2D eigenvalue weighted by molar-refractivity contribution is -0.384. The first-order chi connectivity index (χ1) is 9.53. The van der Waals surface area contributed by atoms with Crippen LogP contribution in [0.5, 0.6) is 0 Å². The Labute approximate surface area is 117 Å². The van der Waals surface area contributed by atoms with E-state index in [0.29, 0.717) is 0 Å². The first-order valence-electron chi connectivity index (χ1n) is 6.64. The number of nitrogens with zero attached hydrogens (tertiary/aromatic N) is 3. The second-order valence-corrected chi connectivity index (χ2v) is 4.46. The summed E-state index contributed by atoms with van der Waals surface area (Å²) in [5, 5.41) is 26.5. The molecule has 0 spiro atoms. The number of rotatable bonds is 8. The van der Waals surface area contributed by atoms with Crippen LogP contribution in [0.3, 0.4) is 0 Å². The highest BCUT2D eigenvalue weighted by Crippen LogP contribution is 2.22. The van der Waals surface area contributed by atoms with E-state index in [1.807, 2.05) is 13.8 Å². The van der Waals surface area contributed by atoms with Crippen molar-refractivity contribution in [1.29, 1.82) is 0 Å². The molecule has 0 saturated heterocycles. The average molecular weight is 283 g/mol. The maximum Gasteiger partial charge on any atom is 0.329 e. The smallest absolute Gasteiger partial charge is 0.329 e. The Morgan fingerprint density at radius 1 is 1.45 bits per heavy atom. The Bertz CT molecular complexity index is 451. The second-order valence-electron chi connectivity index (χ2n) is 4.46. The van der Waals surface area contributed by atoms with Crippen molar-refractivity contribution in [2.45, 2.75) is 32.8 Å². The zero-order valence-electron chi connectivity index (χ0n) is 12.0. The molecule has 0 saturated carbocycles. The van der Waals surface area contributed by atoms with Crippen LogP contribution < -0.4 is 10.6 Å². The summed E-state index contributed by atoms with van der Waals surface area (Å²) >= 11 is 0. The lowest BCUT2D eigenvalue weighted by Crippen LogP contribution is -2.28. The summed E-state index contributed by atoms with van der Waals surface area (Å²) in [7, 11) is 1.63. The molecule has 0 aliphatic carbocycles. The topological polar surface area (TPSA) is 113 Å². The van der Waals surface area contributed by atoms with Crippen LogP contribution in [0, 0.1) is 16.0 Å². The van der Waals surface area contributed by atoms with Crippen molar-refractivity contribution >= 4 is 17.5 Å². The van der Waals surface area contributed by atoms with Gasteiger partial charge in [0.05, 0.1) is 11.0 Å². The summed E-state index contributed by atoms with van der Waals surface area (Å²) in [4.78, 5) is 18.2. The van der Waals surface area contributed by atoms with Crippen molar-refractivity contribution in [3.05, 3.63) is 16.3 Å². The molecule has 1 atom stereocenters. The van der Waals surface area contributed by atoms with Gasteiger partial charge < -0.3 is 15.7 Å². The highest BCUT2D eigenvalue weighted by Gasteiger charge is 2.20. The number of aliphatic hydroxyl groups excluding tert-OH is 1. The van der Waals surface area contributed by atoms with Gasteiger partial charge in [-0.05, 0) is 5.92 Å². The summed E-state index contributed by atoms with van der Waals surface area (Å²) in [6, 6.07) is 0. The van der Waals surface area contributed by atoms with E-state index in [2.05, 4.69) is 20.6 Å². The third-order valence-electron chi connectivity index (χ3n) is 3.26. The normalized spacial score (nSPS) is 12.2. The molecule has 1 unspecified atom stereocenters. The zero-order chi connectivity index (χ0) is 15.1. The fraction of sp³-hybridized carbons (Fsp3) is 0.667. The molecule has 0 aliphatic heterocycles. The van der Waals surface area contributed by atoms with E-state index in [0.717, 1.165) is 19.0 Å². The Hall–Kier alpha value is -1.96. The fourth-order valence-corrected chi connectivity index (χ4v) is 1.96. The molecule has 0 amide bonds. The molecular formula is C12H21N5O3. The number of nitro groups is 1. The molecule has 1 rings (SSSR count). The molecule has 1 aromatic heterocycles. The van der Waals surface area contributed by atoms with E-state index in [1.165, 1.54) is 0 Å². The Kier molecular flexibility index (Phi) is 6.10. The standard InChI is InChI=1S/C12H21N5O3/c1-4-8(5-2)10(18)7-14-11-9(17(19)20)6-15-12(13-3)16-11/h6,8,10,18H,4-5,7H2,1-3H3,(H2,13,14,15,16). The zero-order valence-corrected chi connectivity index (χ0v) is 12.0. The van der Waals surface area contributed by atoms with Crippen LogP contribution in [0.2, 0.25) is 0 Å². The van der Waals surface area contributed by atoms with Gasteiger partial charge in [-0.3, -0.25) is 10.1 Å². The molecule has 0 radical (unpaired) electrons. The average Bonchev–Trinajstić information content (AvgIpc) is 2.45. The van der Waals surface area contributed by atoms with Crippen LogP contribution in [0.15, 0.2) is 6.20 Å². The van der Waals surface area contributed by atoms with Gasteiger partial charge in [-0.1, -0.05) is 26.7 Å². The fourth-order valence-electron chi connectivity index (χ4n) is 1.96. The summed E-state index contributed by atoms with van der Waals surface area (Å²) in [5.41, 5.74) is -0.208. The van der Waals surface area contributed by atoms with Crippen molar-refractivity contribution in [3.8, 4) is 0 Å². The van der Waals surface area contributed by atoms with E-state index in [1.54, 1.807) is 7.05 Å². The molecule has 0 bridgehead atoms. The molecule has 8 nitrogen and oxygen atoms in total. The third kappa shape index (κ3) is 4.02. The minimum Gasteiger partial charge on any atom is -0.391 e. The lowest BCUT2D eigenvalue weighted by atomic mass is 9.96. The highest BCUT2D eigenvalue weighted by molar-refractivity contribution is 5.56. The van der Waals surface area contributed by atoms with Gasteiger partial charge in [0.15, 0.2) is 0 Å². The van der Waals surface area contributed by atoms with E-state index in [4.69, 9.17) is 0 Å². The van der Waals surface area contributed by atoms with Gasteiger partial charge in [-0.25, -0.2) is 4.98 Å². The van der Waals surface area contributed by atoms with Gasteiger partial charge in [-0.15, -0.1) is 0 Å². The third-order valence-corrected chi connectivity index (χ3v) is 3.26. The van der Waals surface area contributed by atoms with Gasteiger partial charge in [0.2, 0.25) is 11.8 Å². The number of aliphatic hydroxyl groups is 1. The number of hydrogen-bond acceptors (Lipinski definition) is 7. The number of hydrogen-bond donors (Lipinski definition) is 3. The molecule has 3 N–H and O–H groups in total. The number of anilines is 2. The minimum atomic E-state index is -0.572. The monoisotopic (exact) mass is 283 g/mol. The predicted molar refractivity (Wildman–Crippen MR) is 76.8 cm³/mol. The van der Waals surface area contributed by atoms with Crippen LogP contribution in [-0.2, 0) is 0 Å². The van der Waals surface area contributed by atoms with Crippen LogP contribution in [0.25, 0.3) is 0 Å². The molecule has 1 aromatic rings. The van der Waals surface area contributed by atoms with Crippen molar-refractivity contribution in [3.63, 3.8) is 0 Å². The molecule has 112 valence electrons. The summed E-state index contributed by atoms with van der Waals surface area (Å²) in [5.74, 6) is 0.557. The van der Waals surface area contributed by atoms with Crippen molar-refractivity contribution < 1.29 is 10.0 Å². The van der Waals surface area contributed by atoms with Crippen LogP contribution in [0.1, 0.15) is 26.7 Å². The molecular weight excluding hydrogens is 262 g/mol. The molecule has 1 heterocycles. The van der Waals surface area contributed by atoms with Gasteiger partial charge in [0, 0.05) is 13.6 Å².